The van der Waals surface area contributed by atoms with E-state index >= 15 is 0 Å². The SMILES string of the molecule is O=C(OCc1ccccc1)C1=CCC(=C(Cc2ccccc2)Cc2ccccc2)C1. The normalized spacial score (nSPS) is 13.1. The summed E-state index contributed by atoms with van der Waals surface area (Å²) in [5.74, 6) is -0.201. The number of esters is 1. The van der Waals surface area contributed by atoms with E-state index in [9.17, 15) is 4.79 Å². The zero-order chi connectivity index (χ0) is 20.6. The minimum atomic E-state index is -0.201. The smallest absolute Gasteiger partial charge is 0.334 e. The average molecular weight is 395 g/mol. The van der Waals surface area contributed by atoms with Gasteiger partial charge in [-0.05, 0) is 36.0 Å². The number of ether oxygens (including phenoxy) is 1. The van der Waals surface area contributed by atoms with E-state index in [1.807, 2.05) is 48.5 Å². The maximum absolute atomic E-state index is 12.6. The van der Waals surface area contributed by atoms with Crippen LogP contribution in [0.2, 0.25) is 0 Å². The molecule has 2 nitrogen and oxygen atoms in total. The van der Waals surface area contributed by atoms with E-state index in [4.69, 9.17) is 4.74 Å². The summed E-state index contributed by atoms with van der Waals surface area (Å²) in [7, 11) is 0. The van der Waals surface area contributed by atoms with Crippen LogP contribution in [0.3, 0.4) is 0 Å². The predicted octanol–water partition coefficient (Wildman–Crippen LogP) is 6.23. The summed E-state index contributed by atoms with van der Waals surface area (Å²) in [6.07, 6.45) is 5.36. The lowest BCUT2D eigenvalue weighted by Crippen LogP contribution is -2.07. The van der Waals surface area contributed by atoms with Crippen LogP contribution in [0.4, 0.5) is 0 Å². The van der Waals surface area contributed by atoms with Gasteiger partial charge in [-0.1, -0.05) is 108 Å². The highest BCUT2D eigenvalue weighted by Crippen LogP contribution is 2.31. The largest absolute Gasteiger partial charge is 0.457 e. The molecule has 0 radical (unpaired) electrons. The minimum absolute atomic E-state index is 0.201. The van der Waals surface area contributed by atoms with Gasteiger partial charge < -0.3 is 4.74 Å². The molecular formula is C28H26O2. The fourth-order valence-corrected chi connectivity index (χ4v) is 3.86. The Labute approximate surface area is 178 Å². The van der Waals surface area contributed by atoms with Crippen LogP contribution in [0.1, 0.15) is 29.5 Å². The van der Waals surface area contributed by atoms with Crippen LogP contribution in [0, 0.1) is 0 Å². The molecule has 3 aromatic rings. The van der Waals surface area contributed by atoms with Gasteiger partial charge in [0.25, 0.3) is 0 Å². The van der Waals surface area contributed by atoms with Crippen molar-refractivity contribution in [3.63, 3.8) is 0 Å². The number of benzene rings is 3. The Balaban J connectivity index is 1.47. The molecule has 0 unspecified atom stereocenters. The first kappa shape index (κ1) is 19.9. The van der Waals surface area contributed by atoms with Crippen LogP contribution < -0.4 is 0 Å². The summed E-state index contributed by atoms with van der Waals surface area (Å²) in [4.78, 5) is 12.6. The molecule has 0 saturated heterocycles. The van der Waals surface area contributed by atoms with Crippen molar-refractivity contribution in [3.8, 4) is 0 Å². The Morgan fingerprint density at radius 2 is 1.20 bits per heavy atom. The Bertz CT molecular complexity index is 988. The topological polar surface area (TPSA) is 26.3 Å². The highest BCUT2D eigenvalue weighted by Gasteiger charge is 2.21. The molecule has 4 rings (SSSR count). The van der Waals surface area contributed by atoms with Crippen LogP contribution in [-0.4, -0.2) is 5.97 Å². The van der Waals surface area contributed by atoms with Gasteiger partial charge in [0.05, 0.1) is 0 Å². The molecule has 2 heteroatoms. The van der Waals surface area contributed by atoms with Crippen LogP contribution >= 0.6 is 0 Å². The molecule has 30 heavy (non-hydrogen) atoms. The first-order valence-electron chi connectivity index (χ1n) is 10.5. The van der Waals surface area contributed by atoms with Gasteiger partial charge in [0, 0.05) is 12.0 Å². The fraction of sp³-hybridized carbons (Fsp3) is 0.179. The standard InChI is InChI=1S/C28H26O2/c29-28(30-21-24-14-8-3-9-15-24)26-17-16-25(20-26)27(18-22-10-4-1-5-11-22)19-23-12-6-2-7-13-23/h1-15,17H,16,18-21H2. The van der Waals surface area contributed by atoms with E-state index < -0.39 is 0 Å². The van der Waals surface area contributed by atoms with Gasteiger partial charge >= 0.3 is 5.97 Å². The quantitative estimate of drug-likeness (QED) is 0.351. The number of allylic oxidation sites excluding steroid dienone is 3. The van der Waals surface area contributed by atoms with E-state index in [-0.39, 0.29) is 5.97 Å². The molecule has 0 spiro atoms. The third kappa shape index (κ3) is 5.36. The predicted molar refractivity (Wildman–Crippen MR) is 121 cm³/mol. The Kier molecular flexibility index (Phi) is 6.56. The molecule has 0 aliphatic heterocycles. The lowest BCUT2D eigenvalue weighted by atomic mass is 9.92. The molecule has 0 amide bonds. The maximum Gasteiger partial charge on any atom is 0.334 e. The zero-order valence-electron chi connectivity index (χ0n) is 17.1. The van der Waals surface area contributed by atoms with Gasteiger partial charge in [0.15, 0.2) is 0 Å². The molecule has 0 bridgehead atoms. The number of carbonyl (C=O) groups excluding carboxylic acids is 1. The monoisotopic (exact) mass is 394 g/mol. The minimum Gasteiger partial charge on any atom is -0.457 e. The van der Waals surface area contributed by atoms with Gasteiger partial charge in [-0.2, -0.15) is 0 Å². The second-order valence-corrected chi connectivity index (χ2v) is 7.70. The molecule has 0 saturated carbocycles. The molecule has 0 aromatic heterocycles. The molecule has 1 aliphatic carbocycles. The van der Waals surface area contributed by atoms with E-state index in [0.29, 0.717) is 13.0 Å². The molecule has 0 heterocycles. The van der Waals surface area contributed by atoms with E-state index in [0.717, 1.165) is 30.4 Å². The highest BCUT2D eigenvalue weighted by atomic mass is 16.5. The summed E-state index contributed by atoms with van der Waals surface area (Å²) in [6.45, 7) is 0.316. The van der Waals surface area contributed by atoms with Gasteiger partial charge in [-0.3, -0.25) is 0 Å². The van der Waals surface area contributed by atoms with Crippen molar-refractivity contribution >= 4 is 5.97 Å². The van der Waals surface area contributed by atoms with Crippen molar-refractivity contribution in [1.82, 2.24) is 0 Å². The van der Waals surface area contributed by atoms with Gasteiger partial charge in [0.2, 0.25) is 0 Å². The van der Waals surface area contributed by atoms with Crippen molar-refractivity contribution in [2.24, 2.45) is 0 Å². The van der Waals surface area contributed by atoms with Crippen molar-refractivity contribution in [1.29, 1.82) is 0 Å². The van der Waals surface area contributed by atoms with Gasteiger partial charge in [-0.15, -0.1) is 0 Å². The summed E-state index contributed by atoms with van der Waals surface area (Å²) >= 11 is 0. The number of hydrogen-bond donors (Lipinski definition) is 0. The first-order chi connectivity index (χ1) is 14.8. The van der Waals surface area contributed by atoms with Crippen LogP contribution in [0.25, 0.3) is 0 Å². The molecular weight excluding hydrogens is 368 g/mol. The van der Waals surface area contributed by atoms with Gasteiger partial charge in [-0.25, -0.2) is 4.79 Å². The third-order valence-corrected chi connectivity index (χ3v) is 5.49. The Morgan fingerprint density at radius 3 is 1.73 bits per heavy atom. The van der Waals surface area contributed by atoms with Crippen LogP contribution in [0.15, 0.2) is 114 Å². The Morgan fingerprint density at radius 1 is 0.700 bits per heavy atom. The van der Waals surface area contributed by atoms with Crippen LogP contribution in [-0.2, 0) is 29.0 Å². The zero-order valence-corrected chi connectivity index (χ0v) is 17.1. The molecule has 1 aliphatic rings. The summed E-state index contributed by atoms with van der Waals surface area (Å²) in [5.41, 5.74) is 7.13. The first-order valence-corrected chi connectivity index (χ1v) is 10.5. The number of hydrogen-bond acceptors (Lipinski definition) is 2. The number of carbonyl (C=O) groups is 1. The second kappa shape index (κ2) is 9.89. The molecule has 0 fully saturated rings. The molecule has 3 aromatic carbocycles. The van der Waals surface area contributed by atoms with E-state index in [1.165, 1.54) is 22.3 Å². The maximum atomic E-state index is 12.6. The van der Waals surface area contributed by atoms with E-state index in [2.05, 4.69) is 48.5 Å². The summed E-state index contributed by atoms with van der Waals surface area (Å²) in [6, 6.07) is 30.9. The molecule has 0 N–H and O–H groups in total. The fourth-order valence-electron chi connectivity index (χ4n) is 3.86. The van der Waals surface area contributed by atoms with Crippen molar-refractivity contribution in [3.05, 3.63) is 130 Å². The third-order valence-electron chi connectivity index (χ3n) is 5.49. The lowest BCUT2D eigenvalue weighted by Gasteiger charge is -2.13. The molecule has 150 valence electrons. The Hall–Kier alpha value is -3.39. The lowest BCUT2D eigenvalue weighted by molar-refractivity contribution is -0.140. The second-order valence-electron chi connectivity index (χ2n) is 7.70. The average Bonchev–Trinajstić information content (AvgIpc) is 3.30. The highest BCUT2D eigenvalue weighted by molar-refractivity contribution is 5.90. The van der Waals surface area contributed by atoms with Crippen molar-refractivity contribution in [2.45, 2.75) is 32.3 Å². The number of rotatable bonds is 7. The van der Waals surface area contributed by atoms with E-state index in [1.54, 1.807) is 0 Å². The summed E-state index contributed by atoms with van der Waals surface area (Å²) in [5, 5.41) is 0. The van der Waals surface area contributed by atoms with Crippen LogP contribution in [0.5, 0.6) is 0 Å². The van der Waals surface area contributed by atoms with Crippen molar-refractivity contribution in [2.75, 3.05) is 0 Å². The van der Waals surface area contributed by atoms with Gasteiger partial charge in [0.1, 0.15) is 6.61 Å². The van der Waals surface area contributed by atoms with Crippen molar-refractivity contribution < 1.29 is 9.53 Å². The summed E-state index contributed by atoms with van der Waals surface area (Å²) < 4.78 is 5.55. The molecule has 0 atom stereocenters.